The Labute approximate surface area is 125 Å². The van der Waals surface area contributed by atoms with Crippen LogP contribution in [0, 0.1) is 0 Å². The molecule has 3 rings (SSSR count). The second-order valence-electron chi connectivity index (χ2n) is 4.39. The van der Waals surface area contributed by atoms with Gasteiger partial charge in [0.05, 0.1) is 11.3 Å². The summed E-state index contributed by atoms with van der Waals surface area (Å²) in [6.07, 6.45) is 0. The van der Waals surface area contributed by atoms with Crippen molar-refractivity contribution in [2.45, 2.75) is 0 Å². The zero-order valence-corrected chi connectivity index (χ0v) is 11.5. The van der Waals surface area contributed by atoms with Crippen LogP contribution in [-0.2, 0) is 4.79 Å². The van der Waals surface area contributed by atoms with E-state index in [4.69, 9.17) is 21.1 Å². The van der Waals surface area contributed by atoms with E-state index in [2.05, 4.69) is 5.32 Å². The molecule has 5 nitrogen and oxygen atoms in total. The van der Waals surface area contributed by atoms with Crippen molar-refractivity contribution in [2.24, 2.45) is 0 Å². The van der Waals surface area contributed by atoms with Crippen LogP contribution in [0.1, 0.15) is 10.4 Å². The predicted molar refractivity (Wildman–Crippen MR) is 77.0 cm³/mol. The van der Waals surface area contributed by atoms with Crippen LogP contribution >= 0.6 is 11.6 Å². The molecule has 0 unspecified atom stereocenters. The molecule has 0 aromatic heterocycles. The minimum Gasteiger partial charge on any atom is -0.481 e. The second-order valence-corrected chi connectivity index (χ2v) is 4.83. The third kappa shape index (κ3) is 2.98. The summed E-state index contributed by atoms with van der Waals surface area (Å²) in [4.78, 5) is 23.2. The Morgan fingerprint density at radius 2 is 2.10 bits per heavy atom. The van der Waals surface area contributed by atoms with Gasteiger partial charge in [0.15, 0.2) is 6.61 Å². The molecule has 0 bridgehead atoms. The highest BCUT2D eigenvalue weighted by Gasteiger charge is 2.17. The molecule has 21 heavy (non-hydrogen) atoms. The number of esters is 1. The monoisotopic (exact) mass is 303 g/mol. The molecule has 0 fully saturated rings. The lowest BCUT2D eigenvalue weighted by molar-refractivity contribution is -0.118. The topological polar surface area (TPSA) is 64.6 Å². The molecule has 0 atom stereocenters. The Hall–Kier alpha value is -2.53. The number of nitrogens with one attached hydrogen (secondary N) is 1. The molecule has 2 aromatic carbocycles. The molecular weight excluding hydrogens is 294 g/mol. The molecule has 0 saturated carbocycles. The van der Waals surface area contributed by atoms with Crippen molar-refractivity contribution in [3.05, 3.63) is 53.1 Å². The van der Waals surface area contributed by atoms with Crippen LogP contribution in [0.25, 0.3) is 0 Å². The lowest BCUT2D eigenvalue weighted by atomic mass is 10.2. The Morgan fingerprint density at radius 1 is 1.24 bits per heavy atom. The average Bonchev–Trinajstić information content (AvgIpc) is 2.47. The molecule has 1 N–H and O–H groups in total. The maximum absolute atomic E-state index is 12.0. The first-order chi connectivity index (χ1) is 10.1. The van der Waals surface area contributed by atoms with E-state index in [1.54, 1.807) is 36.4 Å². The van der Waals surface area contributed by atoms with Crippen LogP contribution in [0.3, 0.4) is 0 Å². The van der Waals surface area contributed by atoms with Gasteiger partial charge in [0.1, 0.15) is 11.5 Å². The van der Waals surface area contributed by atoms with Gasteiger partial charge in [-0.05, 0) is 30.3 Å². The zero-order valence-electron chi connectivity index (χ0n) is 10.8. The highest BCUT2D eigenvalue weighted by molar-refractivity contribution is 6.30. The molecule has 2 aromatic rings. The predicted octanol–water partition coefficient (Wildman–Crippen LogP) is 2.89. The SMILES string of the molecule is O=C1COc2cc(OC(=O)c3cccc(Cl)c3)ccc2N1. The number of halogens is 1. The number of rotatable bonds is 2. The third-order valence-corrected chi connectivity index (χ3v) is 3.09. The number of hydrogen-bond donors (Lipinski definition) is 1. The van der Waals surface area contributed by atoms with Crippen molar-refractivity contribution < 1.29 is 19.1 Å². The van der Waals surface area contributed by atoms with Gasteiger partial charge in [-0.25, -0.2) is 4.79 Å². The van der Waals surface area contributed by atoms with Crippen LogP contribution in [0.4, 0.5) is 5.69 Å². The summed E-state index contributed by atoms with van der Waals surface area (Å²) in [6, 6.07) is 11.2. The van der Waals surface area contributed by atoms with Gasteiger partial charge in [-0.3, -0.25) is 4.79 Å². The van der Waals surface area contributed by atoms with Crippen LogP contribution < -0.4 is 14.8 Å². The largest absolute Gasteiger partial charge is 0.481 e. The summed E-state index contributed by atoms with van der Waals surface area (Å²) in [5.41, 5.74) is 0.906. The molecule has 6 heteroatoms. The van der Waals surface area contributed by atoms with Crippen molar-refractivity contribution in [1.82, 2.24) is 0 Å². The molecule has 0 spiro atoms. The number of benzene rings is 2. The Bertz CT molecular complexity index is 729. The Kier molecular flexibility index (Phi) is 3.50. The van der Waals surface area contributed by atoms with E-state index >= 15 is 0 Å². The Balaban J connectivity index is 1.79. The number of amides is 1. The fourth-order valence-corrected chi connectivity index (χ4v) is 2.09. The van der Waals surface area contributed by atoms with E-state index in [-0.39, 0.29) is 12.5 Å². The van der Waals surface area contributed by atoms with Crippen molar-refractivity contribution in [3.63, 3.8) is 0 Å². The molecular formula is C15H10ClNO4. The van der Waals surface area contributed by atoms with Crippen molar-refractivity contribution in [1.29, 1.82) is 0 Å². The highest BCUT2D eigenvalue weighted by atomic mass is 35.5. The average molecular weight is 304 g/mol. The number of hydrogen-bond acceptors (Lipinski definition) is 4. The number of anilines is 1. The molecule has 106 valence electrons. The normalized spacial score (nSPS) is 12.9. The molecule has 1 heterocycles. The number of fused-ring (bicyclic) bond motifs is 1. The van der Waals surface area contributed by atoms with Crippen LogP contribution in [0.5, 0.6) is 11.5 Å². The van der Waals surface area contributed by atoms with Crippen LogP contribution in [0.2, 0.25) is 5.02 Å². The number of ether oxygens (including phenoxy) is 2. The third-order valence-electron chi connectivity index (χ3n) is 2.86. The van der Waals surface area contributed by atoms with Crippen molar-refractivity contribution in [3.8, 4) is 11.5 Å². The number of carbonyl (C=O) groups excluding carboxylic acids is 2. The summed E-state index contributed by atoms with van der Waals surface area (Å²) in [7, 11) is 0. The summed E-state index contributed by atoms with van der Waals surface area (Å²) >= 11 is 5.83. The second kappa shape index (κ2) is 5.46. The molecule has 0 radical (unpaired) electrons. The van der Waals surface area contributed by atoms with Crippen molar-refractivity contribution >= 4 is 29.2 Å². The molecule has 1 aliphatic rings. The quantitative estimate of drug-likeness (QED) is 0.684. The van der Waals surface area contributed by atoms with Gasteiger partial charge in [0, 0.05) is 11.1 Å². The van der Waals surface area contributed by atoms with Crippen LogP contribution in [-0.4, -0.2) is 18.5 Å². The van der Waals surface area contributed by atoms with E-state index in [1.807, 2.05) is 0 Å². The maximum atomic E-state index is 12.0. The molecule has 1 amide bonds. The minimum atomic E-state index is -0.516. The highest BCUT2D eigenvalue weighted by Crippen LogP contribution is 2.31. The van der Waals surface area contributed by atoms with Crippen molar-refractivity contribution in [2.75, 3.05) is 11.9 Å². The molecule has 0 saturated heterocycles. The van der Waals surface area contributed by atoms with Gasteiger partial charge in [-0.1, -0.05) is 17.7 Å². The summed E-state index contributed by atoms with van der Waals surface area (Å²) in [5, 5.41) is 3.12. The summed E-state index contributed by atoms with van der Waals surface area (Å²) < 4.78 is 10.5. The zero-order chi connectivity index (χ0) is 14.8. The first-order valence-corrected chi connectivity index (χ1v) is 6.54. The number of carbonyl (C=O) groups is 2. The lowest BCUT2D eigenvalue weighted by Gasteiger charge is -2.18. The van der Waals surface area contributed by atoms with Gasteiger partial charge in [-0.15, -0.1) is 0 Å². The van der Waals surface area contributed by atoms with E-state index in [0.717, 1.165) is 0 Å². The van der Waals surface area contributed by atoms with Gasteiger partial charge >= 0.3 is 5.97 Å². The van der Waals surface area contributed by atoms with Crippen LogP contribution in [0.15, 0.2) is 42.5 Å². The smallest absolute Gasteiger partial charge is 0.343 e. The van der Waals surface area contributed by atoms with E-state index in [1.165, 1.54) is 6.07 Å². The molecule has 1 aliphatic heterocycles. The fraction of sp³-hybridized carbons (Fsp3) is 0.0667. The molecule has 0 aliphatic carbocycles. The van der Waals surface area contributed by atoms with E-state index < -0.39 is 5.97 Å². The summed E-state index contributed by atoms with van der Waals surface area (Å²) in [5.74, 6) is 0.0596. The first kappa shape index (κ1) is 13.5. The van der Waals surface area contributed by atoms with Gasteiger partial charge in [0.25, 0.3) is 5.91 Å². The Morgan fingerprint density at radius 3 is 2.90 bits per heavy atom. The minimum absolute atomic E-state index is 0.0569. The lowest BCUT2D eigenvalue weighted by Crippen LogP contribution is -2.25. The summed E-state index contributed by atoms with van der Waals surface area (Å²) in [6.45, 7) is -0.0569. The van der Waals surface area contributed by atoms with E-state index in [9.17, 15) is 9.59 Å². The first-order valence-electron chi connectivity index (χ1n) is 6.16. The maximum Gasteiger partial charge on any atom is 0.343 e. The van der Waals surface area contributed by atoms with Gasteiger partial charge in [0.2, 0.25) is 0 Å². The fourth-order valence-electron chi connectivity index (χ4n) is 1.90. The van der Waals surface area contributed by atoms with Gasteiger partial charge in [-0.2, -0.15) is 0 Å². The van der Waals surface area contributed by atoms with E-state index in [0.29, 0.717) is 27.8 Å². The van der Waals surface area contributed by atoms with Gasteiger partial charge < -0.3 is 14.8 Å². The standard InChI is InChI=1S/C15H10ClNO4/c16-10-3-1-2-9(6-10)15(19)21-11-4-5-12-13(7-11)20-8-14(18)17-12/h1-7H,8H2,(H,17,18).